The van der Waals surface area contributed by atoms with Crippen LogP contribution in [0.15, 0.2) is 16.7 Å². The first-order chi connectivity index (χ1) is 8.69. The summed E-state index contributed by atoms with van der Waals surface area (Å²) in [6.07, 6.45) is 2.52. The highest BCUT2D eigenvalue weighted by molar-refractivity contribution is 5.87. The number of aromatic carboxylic acids is 1. The van der Waals surface area contributed by atoms with Crippen LogP contribution in [0.1, 0.15) is 29.5 Å². The lowest BCUT2D eigenvalue weighted by Crippen LogP contribution is -2.26. The van der Waals surface area contributed by atoms with Crippen molar-refractivity contribution < 1.29 is 14.3 Å². The minimum Gasteiger partial charge on any atom is -0.478 e. The first-order valence-corrected chi connectivity index (χ1v) is 6.42. The van der Waals surface area contributed by atoms with Crippen molar-refractivity contribution in [3.8, 4) is 0 Å². The Kier molecular flexibility index (Phi) is 4.38. The molecular formula is C13H20N2O3. The van der Waals surface area contributed by atoms with Crippen LogP contribution in [0, 0.1) is 5.92 Å². The molecule has 100 valence electrons. The molecule has 1 aromatic heterocycles. The van der Waals surface area contributed by atoms with Crippen molar-refractivity contribution in [1.82, 2.24) is 10.2 Å². The molecule has 2 rings (SSSR count). The van der Waals surface area contributed by atoms with Crippen molar-refractivity contribution in [3.63, 3.8) is 0 Å². The largest absolute Gasteiger partial charge is 0.478 e. The molecule has 1 saturated heterocycles. The third-order valence-corrected chi connectivity index (χ3v) is 3.45. The number of likely N-dealkylation sites (tertiary alicyclic amines) is 1. The Labute approximate surface area is 107 Å². The van der Waals surface area contributed by atoms with Gasteiger partial charge in [-0.15, -0.1) is 0 Å². The minimum atomic E-state index is -0.945. The van der Waals surface area contributed by atoms with Crippen molar-refractivity contribution in [2.45, 2.75) is 19.9 Å². The van der Waals surface area contributed by atoms with E-state index in [0.29, 0.717) is 18.2 Å². The fraction of sp³-hybridized carbons (Fsp3) is 0.615. The summed E-state index contributed by atoms with van der Waals surface area (Å²) in [7, 11) is 0. The molecule has 1 fully saturated rings. The van der Waals surface area contributed by atoms with Crippen molar-refractivity contribution in [2.24, 2.45) is 5.92 Å². The number of hydrogen-bond donors (Lipinski definition) is 2. The Morgan fingerprint density at radius 3 is 3.11 bits per heavy atom. The average Bonchev–Trinajstić information content (AvgIpc) is 2.97. The van der Waals surface area contributed by atoms with Crippen LogP contribution in [0.4, 0.5) is 0 Å². The van der Waals surface area contributed by atoms with Crippen LogP contribution < -0.4 is 5.32 Å². The maximum absolute atomic E-state index is 10.7. The van der Waals surface area contributed by atoms with E-state index in [2.05, 4.69) is 17.1 Å². The predicted molar refractivity (Wildman–Crippen MR) is 67.6 cm³/mol. The van der Waals surface area contributed by atoms with Gasteiger partial charge in [-0.2, -0.15) is 0 Å². The molecule has 5 nitrogen and oxygen atoms in total. The molecule has 0 radical (unpaired) electrons. The van der Waals surface area contributed by atoms with Crippen molar-refractivity contribution in [1.29, 1.82) is 0 Å². The molecule has 0 spiro atoms. The van der Waals surface area contributed by atoms with Gasteiger partial charge in [-0.25, -0.2) is 4.79 Å². The molecule has 1 aliphatic rings. The quantitative estimate of drug-likeness (QED) is 0.801. The highest BCUT2D eigenvalue weighted by Gasteiger charge is 2.20. The summed E-state index contributed by atoms with van der Waals surface area (Å²) in [5, 5.41) is 12.1. The molecule has 2 heterocycles. The van der Waals surface area contributed by atoms with Gasteiger partial charge >= 0.3 is 5.97 Å². The Morgan fingerprint density at radius 2 is 2.50 bits per heavy atom. The number of carbonyl (C=O) groups is 1. The van der Waals surface area contributed by atoms with E-state index in [4.69, 9.17) is 9.52 Å². The van der Waals surface area contributed by atoms with E-state index >= 15 is 0 Å². The van der Waals surface area contributed by atoms with E-state index in [-0.39, 0.29) is 5.56 Å². The summed E-state index contributed by atoms with van der Waals surface area (Å²) in [6, 6.07) is 1.57. The highest BCUT2D eigenvalue weighted by Crippen LogP contribution is 2.15. The smallest absolute Gasteiger partial charge is 0.338 e. The van der Waals surface area contributed by atoms with Gasteiger partial charge in [-0.05, 0) is 38.0 Å². The number of furan rings is 1. The number of carboxylic acids is 1. The van der Waals surface area contributed by atoms with Gasteiger partial charge in [0.15, 0.2) is 0 Å². The predicted octanol–water partition coefficient (Wildman–Crippen LogP) is 1.41. The Morgan fingerprint density at radius 1 is 1.67 bits per heavy atom. The van der Waals surface area contributed by atoms with Crippen molar-refractivity contribution in [2.75, 3.05) is 26.2 Å². The van der Waals surface area contributed by atoms with Crippen LogP contribution in [-0.4, -0.2) is 42.2 Å². The topological polar surface area (TPSA) is 65.7 Å². The summed E-state index contributed by atoms with van der Waals surface area (Å²) in [5.74, 6) is 0.427. The van der Waals surface area contributed by atoms with Gasteiger partial charge < -0.3 is 19.7 Å². The van der Waals surface area contributed by atoms with Gasteiger partial charge in [0.05, 0.1) is 12.1 Å². The average molecular weight is 252 g/mol. The molecular weight excluding hydrogens is 232 g/mol. The van der Waals surface area contributed by atoms with E-state index < -0.39 is 5.97 Å². The zero-order valence-electron chi connectivity index (χ0n) is 10.7. The van der Waals surface area contributed by atoms with Gasteiger partial charge in [-0.1, -0.05) is 6.92 Å². The summed E-state index contributed by atoms with van der Waals surface area (Å²) >= 11 is 0. The lowest BCUT2D eigenvalue weighted by molar-refractivity contribution is 0.0696. The molecule has 0 aromatic carbocycles. The van der Waals surface area contributed by atoms with Crippen LogP contribution in [0.2, 0.25) is 0 Å². The first-order valence-electron chi connectivity index (χ1n) is 6.42. The zero-order chi connectivity index (χ0) is 13.0. The molecule has 5 heteroatoms. The lowest BCUT2D eigenvalue weighted by Gasteiger charge is -2.13. The van der Waals surface area contributed by atoms with Crippen LogP contribution in [-0.2, 0) is 6.54 Å². The molecule has 0 saturated carbocycles. The number of hydrogen-bond acceptors (Lipinski definition) is 4. The molecule has 1 unspecified atom stereocenters. The summed E-state index contributed by atoms with van der Waals surface area (Å²) in [4.78, 5) is 13.1. The van der Waals surface area contributed by atoms with Gasteiger partial charge in [0.25, 0.3) is 0 Å². The fourth-order valence-corrected chi connectivity index (χ4v) is 2.35. The van der Waals surface area contributed by atoms with Crippen LogP contribution in [0.3, 0.4) is 0 Å². The third kappa shape index (κ3) is 3.34. The van der Waals surface area contributed by atoms with E-state index in [1.54, 1.807) is 6.07 Å². The van der Waals surface area contributed by atoms with E-state index in [1.165, 1.54) is 19.2 Å². The molecule has 0 bridgehead atoms. The molecule has 2 N–H and O–H groups in total. The summed E-state index contributed by atoms with van der Waals surface area (Å²) in [5.41, 5.74) is 0.213. The van der Waals surface area contributed by atoms with Crippen LogP contribution in [0.25, 0.3) is 0 Å². The SMILES string of the molecule is CCN1CCC(CNCc2cc(C(=O)O)co2)C1. The van der Waals surface area contributed by atoms with Crippen molar-refractivity contribution in [3.05, 3.63) is 23.7 Å². The summed E-state index contributed by atoms with van der Waals surface area (Å²) in [6.45, 7) is 7.20. The molecule has 1 atom stereocenters. The maximum atomic E-state index is 10.7. The number of rotatable bonds is 6. The fourth-order valence-electron chi connectivity index (χ4n) is 2.35. The molecule has 0 amide bonds. The van der Waals surface area contributed by atoms with Crippen LogP contribution >= 0.6 is 0 Å². The van der Waals surface area contributed by atoms with E-state index in [9.17, 15) is 4.79 Å². The number of carboxylic acid groups (broad SMARTS) is 1. The minimum absolute atomic E-state index is 0.213. The second kappa shape index (κ2) is 6.02. The van der Waals surface area contributed by atoms with E-state index in [0.717, 1.165) is 19.6 Å². The molecule has 1 aliphatic heterocycles. The number of nitrogens with one attached hydrogen (secondary N) is 1. The number of nitrogens with zero attached hydrogens (tertiary/aromatic N) is 1. The normalized spacial score (nSPS) is 20.4. The molecule has 0 aliphatic carbocycles. The second-order valence-electron chi connectivity index (χ2n) is 4.79. The van der Waals surface area contributed by atoms with Gasteiger partial charge in [-0.3, -0.25) is 0 Å². The second-order valence-corrected chi connectivity index (χ2v) is 4.79. The van der Waals surface area contributed by atoms with E-state index in [1.807, 2.05) is 0 Å². The summed E-state index contributed by atoms with van der Waals surface area (Å²) < 4.78 is 5.18. The van der Waals surface area contributed by atoms with Crippen molar-refractivity contribution >= 4 is 5.97 Å². The molecule has 1 aromatic rings. The lowest BCUT2D eigenvalue weighted by atomic mass is 10.1. The first kappa shape index (κ1) is 13.1. The monoisotopic (exact) mass is 252 g/mol. The maximum Gasteiger partial charge on any atom is 0.338 e. The van der Waals surface area contributed by atoms with Crippen LogP contribution in [0.5, 0.6) is 0 Å². The Balaban J connectivity index is 1.70. The molecule has 18 heavy (non-hydrogen) atoms. The standard InChI is InChI=1S/C13H20N2O3/c1-2-15-4-3-10(8-15)6-14-7-12-5-11(9-18-12)13(16)17/h5,9-10,14H,2-4,6-8H2,1H3,(H,16,17). The van der Waals surface area contributed by atoms with Gasteiger partial charge in [0.2, 0.25) is 0 Å². The zero-order valence-corrected chi connectivity index (χ0v) is 10.7. The Bertz CT molecular complexity index is 403. The Hall–Kier alpha value is -1.33. The highest BCUT2D eigenvalue weighted by atomic mass is 16.4. The van der Waals surface area contributed by atoms with Gasteiger partial charge in [0.1, 0.15) is 12.0 Å². The third-order valence-electron chi connectivity index (χ3n) is 3.45. The van der Waals surface area contributed by atoms with Gasteiger partial charge in [0, 0.05) is 6.54 Å².